The fourth-order valence-corrected chi connectivity index (χ4v) is 4.75. The first-order chi connectivity index (χ1) is 11.6. The second-order valence-corrected chi connectivity index (χ2v) is 7.98. The highest BCUT2D eigenvalue weighted by molar-refractivity contribution is 9.10. The van der Waals surface area contributed by atoms with Crippen molar-refractivity contribution in [2.24, 2.45) is 5.73 Å². The molecule has 2 N–H and O–H groups in total. The van der Waals surface area contributed by atoms with E-state index in [2.05, 4.69) is 20.8 Å². The number of sulfone groups is 1. The Bertz CT molecular complexity index is 1040. The molecule has 0 spiro atoms. The fraction of sp³-hybridized carbons (Fsp3) is 0.133. The number of nitrogens with two attached hydrogens (primary N) is 1. The Morgan fingerprint density at radius 1 is 1.28 bits per heavy atom. The average molecular weight is 433 g/mol. The molecule has 0 radical (unpaired) electrons. The molecular weight excluding hydrogens is 425 g/mol. The Kier molecular flexibility index (Phi) is 4.06. The van der Waals surface area contributed by atoms with Crippen LogP contribution in [0, 0.1) is 12.4 Å². The summed E-state index contributed by atoms with van der Waals surface area (Å²) < 4.78 is 70.5. The summed E-state index contributed by atoms with van der Waals surface area (Å²) in [6, 6.07) is 3.29. The molecule has 130 valence electrons. The highest BCUT2D eigenvalue weighted by Crippen LogP contribution is 2.52. The maximum absolute atomic E-state index is 13.9. The average Bonchev–Trinajstić information content (AvgIpc) is 2.67. The SMILES string of the molecule is [C-]#[N+]c1cc(F)cc(Oc2ccc3c(c2Br)C(N)C(F)(F)S3(=O)=O)c1. The number of nitrogens with zero attached hydrogens (tertiary/aromatic N) is 1. The van der Waals surface area contributed by atoms with E-state index in [1.807, 2.05) is 0 Å². The van der Waals surface area contributed by atoms with Crippen molar-refractivity contribution in [2.75, 3.05) is 0 Å². The van der Waals surface area contributed by atoms with Crippen LogP contribution in [0.2, 0.25) is 0 Å². The maximum Gasteiger partial charge on any atom is 0.368 e. The van der Waals surface area contributed by atoms with Crippen LogP contribution < -0.4 is 10.5 Å². The van der Waals surface area contributed by atoms with Crippen LogP contribution in [0.25, 0.3) is 4.85 Å². The van der Waals surface area contributed by atoms with Gasteiger partial charge in [0, 0.05) is 11.6 Å². The predicted octanol–water partition coefficient (Wildman–Crippen LogP) is 4.31. The maximum atomic E-state index is 13.9. The smallest absolute Gasteiger partial charge is 0.368 e. The van der Waals surface area contributed by atoms with E-state index in [4.69, 9.17) is 17.0 Å². The van der Waals surface area contributed by atoms with E-state index in [0.29, 0.717) is 0 Å². The summed E-state index contributed by atoms with van der Waals surface area (Å²) >= 11 is 3.03. The topological polar surface area (TPSA) is 73.8 Å². The van der Waals surface area contributed by atoms with Gasteiger partial charge in [0.2, 0.25) is 9.84 Å². The third-order valence-corrected chi connectivity index (χ3v) is 6.36. The molecule has 0 bridgehead atoms. The van der Waals surface area contributed by atoms with Gasteiger partial charge in [-0.2, -0.15) is 8.78 Å². The van der Waals surface area contributed by atoms with E-state index < -0.39 is 31.8 Å². The summed E-state index contributed by atoms with van der Waals surface area (Å²) in [6.07, 6.45) is 0. The van der Waals surface area contributed by atoms with Gasteiger partial charge in [0.15, 0.2) is 5.69 Å². The second kappa shape index (κ2) is 5.72. The van der Waals surface area contributed by atoms with Crippen LogP contribution >= 0.6 is 15.9 Å². The lowest BCUT2D eigenvalue weighted by Gasteiger charge is -2.15. The van der Waals surface area contributed by atoms with Crippen LogP contribution in [0.15, 0.2) is 39.7 Å². The molecule has 1 heterocycles. The highest BCUT2D eigenvalue weighted by atomic mass is 79.9. The summed E-state index contributed by atoms with van der Waals surface area (Å²) in [6.45, 7) is 6.90. The Morgan fingerprint density at radius 2 is 1.96 bits per heavy atom. The van der Waals surface area contributed by atoms with Crippen molar-refractivity contribution in [3.8, 4) is 11.5 Å². The molecule has 1 atom stereocenters. The van der Waals surface area contributed by atoms with Crippen LogP contribution in [0.4, 0.5) is 18.9 Å². The standard InChI is InChI=1S/C15H8BrF3N2O3S/c1-21-8-4-7(17)5-9(6-8)24-10-2-3-11-12(13(10)16)14(20)15(18,19)25(11,22)23/h2-6,14H,20H2. The molecule has 1 unspecified atom stereocenters. The fourth-order valence-electron chi connectivity index (χ4n) is 2.44. The van der Waals surface area contributed by atoms with Gasteiger partial charge in [-0.1, -0.05) is 0 Å². The second-order valence-electron chi connectivity index (χ2n) is 5.19. The van der Waals surface area contributed by atoms with Crippen molar-refractivity contribution in [1.82, 2.24) is 0 Å². The van der Waals surface area contributed by atoms with Crippen molar-refractivity contribution in [1.29, 1.82) is 0 Å². The van der Waals surface area contributed by atoms with Crippen LogP contribution in [-0.4, -0.2) is 13.7 Å². The molecule has 1 aliphatic heterocycles. The van der Waals surface area contributed by atoms with Crippen LogP contribution in [0.5, 0.6) is 11.5 Å². The van der Waals surface area contributed by atoms with Gasteiger partial charge < -0.3 is 10.5 Å². The molecule has 0 aliphatic carbocycles. The van der Waals surface area contributed by atoms with Crippen molar-refractivity contribution >= 4 is 31.5 Å². The number of ether oxygens (including phenoxy) is 1. The lowest BCUT2D eigenvalue weighted by molar-refractivity contribution is 0.0681. The third-order valence-electron chi connectivity index (χ3n) is 3.64. The van der Waals surface area contributed by atoms with Gasteiger partial charge in [-0.3, -0.25) is 0 Å². The van der Waals surface area contributed by atoms with Crippen molar-refractivity contribution in [3.05, 3.63) is 57.6 Å². The zero-order chi connectivity index (χ0) is 18.6. The molecule has 0 saturated heterocycles. The van der Waals surface area contributed by atoms with Gasteiger partial charge in [0.1, 0.15) is 23.4 Å². The number of hydrogen-bond acceptors (Lipinski definition) is 4. The molecule has 0 saturated carbocycles. The van der Waals surface area contributed by atoms with E-state index >= 15 is 0 Å². The van der Waals surface area contributed by atoms with Gasteiger partial charge in [0.05, 0.1) is 15.9 Å². The molecule has 10 heteroatoms. The highest BCUT2D eigenvalue weighted by Gasteiger charge is 2.60. The molecule has 5 nitrogen and oxygen atoms in total. The van der Waals surface area contributed by atoms with Gasteiger partial charge >= 0.3 is 5.25 Å². The normalized spacial score (nSPS) is 19.9. The summed E-state index contributed by atoms with van der Waals surface area (Å²) in [7, 11) is -4.91. The molecular formula is C15H8BrF3N2O3S. The van der Waals surface area contributed by atoms with E-state index in [1.54, 1.807) is 0 Å². The van der Waals surface area contributed by atoms with E-state index in [-0.39, 0.29) is 27.2 Å². The number of hydrogen-bond donors (Lipinski definition) is 1. The van der Waals surface area contributed by atoms with Crippen molar-refractivity contribution in [3.63, 3.8) is 0 Å². The first kappa shape index (κ1) is 17.7. The zero-order valence-electron chi connectivity index (χ0n) is 12.1. The number of fused-ring (bicyclic) bond motifs is 1. The first-order valence-electron chi connectivity index (χ1n) is 6.66. The third kappa shape index (κ3) is 2.59. The molecule has 1 aliphatic rings. The Labute approximate surface area is 149 Å². The van der Waals surface area contributed by atoms with Crippen LogP contribution in [-0.2, 0) is 9.84 Å². The molecule has 2 aromatic rings. The number of alkyl halides is 2. The van der Waals surface area contributed by atoms with Crippen molar-refractivity contribution in [2.45, 2.75) is 16.2 Å². The minimum Gasteiger partial charge on any atom is -0.457 e. The van der Waals surface area contributed by atoms with Crippen LogP contribution in [0.1, 0.15) is 11.6 Å². The van der Waals surface area contributed by atoms with Gasteiger partial charge in [-0.15, -0.1) is 0 Å². The van der Waals surface area contributed by atoms with Crippen LogP contribution in [0.3, 0.4) is 0 Å². The lowest BCUT2D eigenvalue weighted by Crippen LogP contribution is -2.33. The Balaban J connectivity index is 2.10. The van der Waals surface area contributed by atoms with Gasteiger partial charge in [0.25, 0.3) is 0 Å². The molecule has 0 fully saturated rings. The van der Waals surface area contributed by atoms with Gasteiger partial charge in [-0.05, 0) is 40.2 Å². The summed E-state index contributed by atoms with van der Waals surface area (Å²) in [5.74, 6) is -0.803. The lowest BCUT2D eigenvalue weighted by atomic mass is 10.1. The number of benzene rings is 2. The quantitative estimate of drug-likeness (QED) is 0.717. The zero-order valence-corrected chi connectivity index (χ0v) is 14.5. The number of rotatable bonds is 2. The summed E-state index contributed by atoms with van der Waals surface area (Å²) in [4.78, 5) is 2.49. The largest absolute Gasteiger partial charge is 0.457 e. The Morgan fingerprint density at radius 3 is 2.60 bits per heavy atom. The first-order valence-corrected chi connectivity index (χ1v) is 8.93. The number of halogens is 4. The monoisotopic (exact) mass is 432 g/mol. The van der Waals surface area contributed by atoms with E-state index in [0.717, 1.165) is 24.3 Å². The molecule has 25 heavy (non-hydrogen) atoms. The molecule has 0 amide bonds. The van der Waals surface area contributed by atoms with Gasteiger partial charge in [-0.25, -0.2) is 17.7 Å². The summed E-state index contributed by atoms with van der Waals surface area (Å²) in [5, 5.41) is -4.15. The molecule has 2 aromatic carbocycles. The van der Waals surface area contributed by atoms with Crippen molar-refractivity contribution < 1.29 is 26.3 Å². The predicted molar refractivity (Wildman–Crippen MR) is 85.9 cm³/mol. The minimum atomic E-state index is -4.91. The van der Waals surface area contributed by atoms with E-state index in [9.17, 15) is 21.6 Å². The van der Waals surface area contributed by atoms with E-state index in [1.165, 1.54) is 6.07 Å². The molecule has 3 rings (SSSR count). The molecule has 0 aromatic heterocycles. The summed E-state index contributed by atoms with van der Waals surface area (Å²) in [5.41, 5.74) is 5.09. The Hall–Kier alpha value is -2.09. The minimum absolute atomic E-state index is 0.0157.